The molecule has 3 atom stereocenters. The van der Waals surface area contributed by atoms with Crippen LogP contribution in [0.4, 0.5) is 8.78 Å². The van der Waals surface area contributed by atoms with E-state index in [1.165, 1.54) is 18.1 Å². The van der Waals surface area contributed by atoms with Crippen LogP contribution in [-0.4, -0.2) is 63.0 Å². The Morgan fingerprint density at radius 1 is 1.05 bits per heavy atom. The summed E-state index contributed by atoms with van der Waals surface area (Å²) >= 11 is 0. The number of rotatable bonds is 3. The third-order valence-corrected chi connectivity index (χ3v) is 6.26. The van der Waals surface area contributed by atoms with Gasteiger partial charge in [-0.3, -0.25) is 0 Å². The van der Waals surface area contributed by atoms with E-state index in [0.717, 1.165) is 12.1 Å². The monoisotopic (exact) mass is 513 g/mol. The first-order chi connectivity index (χ1) is 17.7. The number of carbonyl (C=O) groups excluding carboxylic acids is 2. The maximum Gasteiger partial charge on any atom is 0.349 e. The minimum Gasteiger partial charge on any atom is -0.483 e. The summed E-state index contributed by atoms with van der Waals surface area (Å²) in [4.78, 5) is 26.8. The highest BCUT2D eigenvalue weighted by Crippen LogP contribution is 2.44. The molecular formula is C25H21F2N3O7. The third-order valence-electron chi connectivity index (χ3n) is 6.26. The van der Waals surface area contributed by atoms with E-state index in [1.54, 1.807) is 30.3 Å². The fraction of sp³-hybridized carbons (Fsp3) is 0.280. The number of nitrogens with zero attached hydrogens (tertiary/aromatic N) is 3. The lowest BCUT2D eigenvalue weighted by molar-refractivity contribution is -0.288. The van der Waals surface area contributed by atoms with E-state index in [4.69, 9.17) is 14.2 Å². The molecule has 0 bridgehead atoms. The van der Waals surface area contributed by atoms with Gasteiger partial charge in [0, 0.05) is 36.4 Å². The summed E-state index contributed by atoms with van der Waals surface area (Å²) in [6.45, 7) is 0.0926. The second-order valence-electron chi connectivity index (χ2n) is 8.62. The van der Waals surface area contributed by atoms with Crippen LogP contribution in [0.25, 0.3) is 11.3 Å². The van der Waals surface area contributed by atoms with Gasteiger partial charge in [0.2, 0.25) is 0 Å². The summed E-state index contributed by atoms with van der Waals surface area (Å²) in [5, 5.41) is 28.1. The van der Waals surface area contributed by atoms with Gasteiger partial charge in [0.05, 0.1) is 11.3 Å². The van der Waals surface area contributed by atoms with Crippen LogP contribution in [0.1, 0.15) is 23.7 Å². The molecule has 0 saturated carbocycles. The van der Waals surface area contributed by atoms with E-state index >= 15 is 0 Å². The summed E-state index contributed by atoms with van der Waals surface area (Å²) in [6, 6.07) is 11.1. The standard InChI is InChI=1S/C25H21F2N3O7/c1-30-10-8-19(35-20-7-5-14(26)12-17(20)27)15-6-4-13(18-3-2-9-28-29-18)11-16(15)25(30)36-23(33)21(31)22(32)24(34)37-25/h2-7,9,11-12,19,21-22,31-32H,8,10H2,1H3. The topological polar surface area (TPSA) is 131 Å². The quantitative estimate of drug-likeness (QED) is 0.500. The van der Waals surface area contributed by atoms with Gasteiger partial charge in [-0.15, -0.1) is 0 Å². The number of aliphatic hydroxyl groups is 2. The molecule has 0 radical (unpaired) electrons. The average Bonchev–Trinajstić information content (AvgIpc) is 3.05. The molecule has 3 heterocycles. The maximum atomic E-state index is 14.5. The molecule has 2 aromatic carbocycles. The number of fused-ring (bicyclic) bond motifs is 2. The number of aromatic nitrogens is 2. The number of ether oxygens (including phenoxy) is 3. The largest absolute Gasteiger partial charge is 0.483 e. The molecule has 3 unspecified atom stereocenters. The van der Waals surface area contributed by atoms with Gasteiger partial charge in [-0.05, 0) is 37.4 Å². The Balaban J connectivity index is 1.69. The van der Waals surface area contributed by atoms with Gasteiger partial charge in [-0.1, -0.05) is 12.1 Å². The first-order valence-corrected chi connectivity index (χ1v) is 11.3. The highest BCUT2D eigenvalue weighted by molar-refractivity contribution is 5.87. The van der Waals surface area contributed by atoms with Gasteiger partial charge < -0.3 is 24.4 Å². The fourth-order valence-corrected chi connectivity index (χ4v) is 4.33. The highest BCUT2D eigenvalue weighted by Gasteiger charge is 2.55. The van der Waals surface area contributed by atoms with Crippen molar-refractivity contribution in [3.63, 3.8) is 0 Å². The van der Waals surface area contributed by atoms with E-state index in [1.807, 2.05) is 0 Å². The van der Waals surface area contributed by atoms with Gasteiger partial charge in [0.15, 0.2) is 23.8 Å². The van der Waals surface area contributed by atoms with Crippen LogP contribution in [0, 0.1) is 11.6 Å². The number of carbonyl (C=O) groups is 2. The van der Waals surface area contributed by atoms with Gasteiger partial charge in [-0.2, -0.15) is 10.2 Å². The number of hydrogen-bond acceptors (Lipinski definition) is 10. The first kappa shape index (κ1) is 24.7. The van der Waals surface area contributed by atoms with Crippen LogP contribution < -0.4 is 4.74 Å². The minimum atomic E-state index is -2.21. The summed E-state index contributed by atoms with van der Waals surface area (Å²) in [6.07, 6.45) is -3.51. The molecule has 1 spiro atoms. The van der Waals surface area contributed by atoms with Gasteiger partial charge in [-0.25, -0.2) is 23.3 Å². The Morgan fingerprint density at radius 3 is 2.43 bits per heavy atom. The van der Waals surface area contributed by atoms with Crippen LogP contribution in [0.2, 0.25) is 0 Å². The molecule has 10 nitrogen and oxygen atoms in total. The second-order valence-corrected chi connectivity index (χ2v) is 8.62. The fourth-order valence-electron chi connectivity index (χ4n) is 4.33. The molecule has 1 fully saturated rings. The van der Waals surface area contributed by atoms with Crippen molar-refractivity contribution in [1.29, 1.82) is 0 Å². The number of hydrogen-bond donors (Lipinski definition) is 2. The van der Waals surface area contributed by atoms with Gasteiger partial charge >= 0.3 is 17.8 Å². The van der Waals surface area contributed by atoms with Crippen LogP contribution in [0.15, 0.2) is 54.7 Å². The van der Waals surface area contributed by atoms with E-state index < -0.39 is 47.8 Å². The van der Waals surface area contributed by atoms with E-state index in [9.17, 15) is 28.6 Å². The van der Waals surface area contributed by atoms with Crippen molar-refractivity contribution in [3.05, 3.63) is 77.5 Å². The second kappa shape index (κ2) is 9.47. The molecule has 2 N–H and O–H groups in total. The Bertz CT molecular complexity index is 1340. The van der Waals surface area contributed by atoms with E-state index in [0.29, 0.717) is 22.9 Å². The van der Waals surface area contributed by atoms with Crippen molar-refractivity contribution in [2.75, 3.05) is 13.6 Å². The third kappa shape index (κ3) is 4.39. The molecule has 2 aliphatic rings. The molecule has 0 aliphatic carbocycles. The number of aliphatic hydroxyl groups excluding tert-OH is 2. The first-order valence-electron chi connectivity index (χ1n) is 11.3. The predicted octanol–water partition coefficient (Wildman–Crippen LogP) is 1.81. The lowest BCUT2D eigenvalue weighted by atomic mass is 9.95. The van der Waals surface area contributed by atoms with Gasteiger partial charge in [0.1, 0.15) is 11.9 Å². The van der Waals surface area contributed by atoms with E-state index in [-0.39, 0.29) is 24.3 Å². The van der Waals surface area contributed by atoms with Crippen molar-refractivity contribution in [1.82, 2.24) is 15.1 Å². The summed E-state index contributed by atoms with van der Waals surface area (Å²) in [5.41, 5.74) is 1.42. The minimum absolute atomic E-state index is 0.0926. The molecule has 0 amide bonds. The zero-order chi connectivity index (χ0) is 26.3. The summed E-state index contributed by atoms with van der Waals surface area (Å²) in [5.74, 6) is -6.68. The SMILES string of the molecule is CN1CCC(Oc2ccc(F)cc2F)c2ccc(-c3cccnn3)cc2C12OC(=O)C(O)C(O)C(=O)O2. The number of halogens is 2. The lowest BCUT2D eigenvalue weighted by Gasteiger charge is -2.38. The van der Waals surface area contributed by atoms with Crippen molar-refractivity contribution in [2.45, 2.75) is 30.6 Å². The summed E-state index contributed by atoms with van der Waals surface area (Å²) < 4.78 is 44.9. The smallest absolute Gasteiger partial charge is 0.349 e. The van der Waals surface area contributed by atoms with Gasteiger partial charge in [0.25, 0.3) is 0 Å². The normalized spacial score (nSPS) is 26.0. The summed E-state index contributed by atoms with van der Waals surface area (Å²) in [7, 11) is 1.50. The van der Waals surface area contributed by atoms with Crippen molar-refractivity contribution < 1.29 is 42.8 Å². The Morgan fingerprint density at radius 2 is 1.78 bits per heavy atom. The Labute approximate surface area is 209 Å². The highest BCUT2D eigenvalue weighted by atomic mass is 19.1. The van der Waals surface area contributed by atoms with Crippen molar-refractivity contribution in [2.24, 2.45) is 0 Å². The molecule has 192 valence electrons. The molecule has 3 aromatic rings. The van der Waals surface area contributed by atoms with Crippen LogP contribution >= 0.6 is 0 Å². The molecule has 12 heteroatoms. The zero-order valence-corrected chi connectivity index (χ0v) is 19.4. The molecular weight excluding hydrogens is 492 g/mol. The van der Waals surface area contributed by atoms with E-state index in [2.05, 4.69) is 10.2 Å². The molecule has 37 heavy (non-hydrogen) atoms. The molecule has 1 saturated heterocycles. The predicted molar refractivity (Wildman–Crippen MR) is 120 cm³/mol. The van der Waals surface area contributed by atoms with Crippen LogP contribution in [0.5, 0.6) is 5.75 Å². The van der Waals surface area contributed by atoms with Crippen molar-refractivity contribution in [3.8, 4) is 17.0 Å². The molecule has 2 aliphatic heterocycles. The lowest BCUT2D eigenvalue weighted by Crippen LogP contribution is -2.50. The molecule has 5 rings (SSSR count). The van der Waals surface area contributed by atoms with Crippen LogP contribution in [-0.2, 0) is 25.0 Å². The maximum absolute atomic E-state index is 14.5. The number of benzene rings is 2. The van der Waals surface area contributed by atoms with Crippen molar-refractivity contribution >= 4 is 11.9 Å². The zero-order valence-electron chi connectivity index (χ0n) is 19.4. The number of esters is 2. The van der Waals surface area contributed by atoms with Crippen LogP contribution in [0.3, 0.4) is 0 Å². The average molecular weight is 513 g/mol. The Hall–Kier alpha value is -4.00. The Kier molecular flexibility index (Phi) is 6.31. The molecule has 1 aromatic heterocycles.